The molecule has 0 aliphatic rings. The van der Waals surface area contributed by atoms with E-state index in [1.807, 2.05) is 18.2 Å². The number of nitrogens with one attached hydrogen (secondary N) is 2. The number of nitrogen functional groups attached to an aromatic ring is 1. The zero-order valence-electron chi connectivity index (χ0n) is 9.50. The van der Waals surface area contributed by atoms with Crippen LogP contribution >= 0.6 is 0 Å². The first-order valence-electron chi connectivity index (χ1n) is 5.26. The lowest BCUT2D eigenvalue weighted by Gasteiger charge is -2.05. The van der Waals surface area contributed by atoms with Crippen LogP contribution in [0.5, 0.6) is 0 Å². The van der Waals surface area contributed by atoms with Crippen LogP contribution in [0.4, 0.5) is 5.82 Å². The van der Waals surface area contributed by atoms with Gasteiger partial charge < -0.3 is 10.7 Å². The minimum atomic E-state index is -0.328. The first-order chi connectivity index (χ1) is 8.79. The molecule has 0 saturated heterocycles. The minimum Gasteiger partial charge on any atom is -0.345 e. The predicted molar refractivity (Wildman–Crippen MR) is 65.2 cm³/mol. The Morgan fingerprint density at radius 1 is 1.33 bits per heavy atom. The topological polar surface area (TPSA) is 106 Å². The number of aromatic nitrogens is 3. The summed E-state index contributed by atoms with van der Waals surface area (Å²) in [7, 11) is 0. The summed E-state index contributed by atoms with van der Waals surface area (Å²) in [6.45, 7) is 0.335. The van der Waals surface area contributed by atoms with Crippen molar-refractivity contribution in [3.05, 3.63) is 48.2 Å². The molecule has 0 radical (unpaired) electrons. The summed E-state index contributed by atoms with van der Waals surface area (Å²) in [6.07, 6.45) is 4.46. The second-order valence-corrected chi connectivity index (χ2v) is 3.44. The van der Waals surface area contributed by atoms with Gasteiger partial charge in [0.2, 0.25) is 0 Å². The van der Waals surface area contributed by atoms with Gasteiger partial charge in [-0.3, -0.25) is 14.8 Å². The minimum absolute atomic E-state index is 0.196. The van der Waals surface area contributed by atoms with Crippen LogP contribution < -0.4 is 16.6 Å². The Kier molecular flexibility index (Phi) is 3.77. The van der Waals surface area contributed by atoms with Gasteiger partial charge in [0.25, 0.3) is 5.91 Å². The van der Waals surface area contributed by atoms with Crippen LogP contribution in [0.1, 0.15) is 16.2 Å². The number of carbonyl (C=O) groups is 1. The summed E-state index contributed by atoms with van der Waals surface area (Å²) in [6, 6.07) is 5.49. The largest absolute Gasteiger partial charge is 0.345 e. The maximum atomic E-state index is 11.8. The van der Waals surface area contributed by atoms with Crippen LogP contribution in [-0.2, 0) is 6.54 Å². The van der Waals surface area contributed by atoms with Crippen molar-refractivity contribution in [1.29, 1.82) is 0 Å². The molecule has 0 atom stereocenters. The lowest BCUT2D eigenvalue weighted by Crippen LogP contribution is -2.25. The molecular weight excluding hydrogens is 232 g/mol. The van der Waals surface area contributed by atoms with E-state index in [0.717, 1.165) is 5.69 Å². The zero-order chi connectivity index (χ0) is 12.8. The number of nitrogens with two attached hydrogens (primary N) is 1. The van der Waals surface area contributed by atoms with Crippen LogP contribution in [0.15, 0.2) is 36.8 Å². The molecule has 0 bridgehead atoms. The molecule has 2 rings (SSSR count). The van der Waals surface area contributed by atoms with Gasteiger partial charge in [-0.2, -0.15) is 0 Å². The van der Waals surface area contributed by atoms with E-state index in [1.54, 1.807) is 6.20 Å². The van der Waals surface area contributed by atoms with Crippen molar-refractivity contribution in [3.63, 3.8) is 0 Å². The van der Waals surface area contributed by atoms with Crippen molar-refractivity contribution < 1.29 is 4.79 Å². The van der Waals surface area contributed by atoms with Crippen LogP contribution in [0.25, 0.3) is 0 Å². The predicted octanol–water partition coefficient (Wildman–Crippen LogP) is 0.0872. The standard InChI is InChI=1S/C11H12N6O/c12-17-10-7-13-6-9(16-10)11(18)15-5-8-3-1-2-4-14-8/h1-4,6-7H,5,12H2,(H,15,18)(H,16,17). The molecule has 0 aromatic carbocycles. The van der Waals surface area contributed by atoms with Crippen molar-refractivity contribution in [1.82, 2.24) is 20.3 Å². The van der Waals surface area contributed by atoms with Crippen molar-refractivity contribution in [2.24, 2.45) is 5.84 Å². The number of hydrogen-bond acceptors (Lipinski definition) is 6. The molecular formula is C11H12N6O. The molecule has 0 saturated carbocycles. The zero-order valence-corrected chi connectivity index (χ0v) is 9.50. The molecule has 18 heavy (non-hydrogen) atoms. The summed E-state index contributed by atoms with van der Waals surface area (Å²) in [5.41, 5.74) is 3.30. The van der Waals surface area contributed by atoms with E-state index < -0.39 is 0 Å². The maximum Gasteiger partial charge on any atom is 0.271 e. The van der Waals surface area contributed by atoms with Gasteiger partial charge in [-0.15, -0.1) is 0 Å². The molecule has 0 unspecified atom stereocenters. The van der Waals surface area contributed by atoms with Crippen molar-refractivity contribution >= 4 is 11.7 Å². The Hall–Kier alpha value is -2.54. The fourth-order valence-corrected chi connectivity index (χ4v) is 1.31. The quantitative estimate of drug-likeness (QED) is 0.520. The molecule has 1 amide bonds. The Bertz CT molecular complexity index is 530. The van der Waals surface area contributed by atoms with Gasteiger partial charge >= 0.3 is 0 Å². The number of carbonyl (C=O) groups excluding carboxylic acids is 1. The number of anilines is 1. The highest BCUT2D eigenvalue weighted by molar-refractivity contribution is 5.92. The monoisotopic (exact) mass is 244 g/mol. The van der Waals surface area contributed by atoms with Crippen molar-refractivity contribution in [2.45, 2.75) is 6.54 Å². The highest BCUT2D eigenvalue weighted by Crippen LogP contribution is 2.00. The van der Waals surface area contributed by atoms with Gasteiger partial charge in [-0.25, -0.2) is 10.8 Å². The van der Waals surface area contributed by atoms with Gasteiger partial charge in [0.05, 0.1) is 24.6 Å². The second kappa shape index (κ2) is 5.69. The van der Waals surface area contributed by atoms with Crippen molar-refractivity contribution in [3.8, 4) is 0 Å². The third-order valence-corrected chi connectivity index (χ3v) is 2.17. The maximum absolute atomic E-state index is 11.8. The Balaban J connectivity index is 1.99. The highest BCUT2D eigenvalue weighted by atomic mass is 16.1. The molecule has 7 heteroatoms. The van der Waals surface area contributed by atoms with E-state index in [0.29, 0.717) is 12.4 Å². The Morgan fingerprint density at radius 3 is 2.94 bits per heavy atom. The average molecular weight is 244 g/mol. The third-order valence-electron chi connectivity index (χ3n) is 2.17. The highest BCUT2D eigenvalue weighted by Gasteiger charge is 2.08. The first-order valence-corrected chi connectivity index (χ1v) is 5.26. The summed E-state index contributed by atoms with van der Waals surface area (Å²) in [4.78, 5) is 23.7. The number of rotatable bonds is 4. The number of hydrazine groups is 1. The molecule has 92 valence electrons. The van der Waals surface area contributed by atoms with Crippen molar-refractivity contribution in [2.75, 3.05) is 5.43 Å². The summed E-state index contributed by atoms with van der Waals surface area (Å²) >= 11 is 0. The van der Waals surface area contributed by atoms with Crippen LogP contribution in [0.3, 0.4) is 0 Å². The normalized spacial score (nSPS) is 9.83. The average Bonchev–Trinajstić information content (AvgIpc) is 2.46. The Morgan fingerprint density at radius 2 is 2.22 bits per heavy atom. The van der Waals surface area contributed by atoms with E-state index in [9.17, 15) is 4.79 Å². The number of hydrogen-bond donors (Lipinski definition) is 3. The van der Waals surface area contributed by atoms with Crippen LogP contribution in [-0.4, -0.2) is 20.9 Å². The molecule has 2 aromatic rings. The number of pyridine rings is 1. The molecule has 0 aliphatic heterocycles. The molecule has 0 spiro atoms. The van der Waals surface area contributed by atoms with E-state index in [4.69, 9.17) is 5.84 Å². The van der Waals surface area contributed by atoms with Crippen LogP contribution in [0.2, 0.25) is 0 Å². The molecule has 0 fully saturated rings. The number of nitrogens with zero attached hydrogens (tertiary/aromatic N) is 3. The van der Waals surface area contributed by atoms with E-state index in [1.165, 1.54) is 12.4 Å². The fourth-order valence-electron chi connectivity index (χ4n) is 1.31. The van der Waals surface area contributed by atoms with E-state index in [2.05, 4.69) is 25.7 Å². The summed E-state index contributed by atoms with van der Waals surface area (Å²) < 4.78 is 0. The van der Waals surface area contributed by atoms with Gasteiger partial charge in [-0.1, -0.05) is 6.07 Å². The van der Waals surface area contributed by atoms with Gasteiger partial charge in [0.15, 0.2) is 5.82 Å². The van der Waals surface area contributed by atoms with E-state index >= 15 is 0 Å². The Labute approximate surface area is 103 Å². The number of amides is 1. The smallest absolute Gasteiger partial charge is 0.271 e. The fraction of sp³-hybridized carbons (Fsp3) is 0.0909. The SMILES string of the molecule is NNc1cncc(C(=O)NCc2ccccn2)n1. The molecule has 7 nitrogen and oxygen atoms in total. The van der Waals surface area contributed by atoms with Gasteiger partial charge in [-0.05, 0) is 12.1 Å². The summed E-state index contributed by atoms with van der Waals surface area (Å²) in [5, 5.41) is 2.69. The summed E-state index contributed by atoms with van der Waals surface area (Å²) in [5.74, 6) is 5.19. The molecule has 0 aliphatic carbocycles. The lowest BCUT2D eigenvalue weighted by atomic mass is 10.3. The lowest BCUT2D eigenvalue weighted by molar-refractivity contribution is 0.0945. The van der Waals surface area contributed by atoms with Gasteiger partial charge in [0, 0.05) is 6.20 Å². The van der Waals surface area contributed by atoms with E-state index in [-0.39, 0.29) is 11.6 Å². The second-order valence-electron chi connectivity index (χ2n) is 3.44. The molecule has 2 heterocycles. The molecule has 4 N–H and O–H groups in total. The first kappa shape index (κ1) is 11.9. The third kappa shape index (κ3) is 2.98. The van der Waals surface area contributed by atoms with Gasteiger partial charge in [0.1, 0.15) is 5.69 Å². The van der Waals surface area contributed by atoms with Crippen LogP contribution in [0, 0.1) is 0 Å². The molecule has 2 aromatic heterocycles.